The van der Waals surface area contributed by atoms with Gasteiger partial charge in [-0.1, -0.05) is 27.7 Å². The fraction of sp³-hybridized carbons (Fsp3) is 0.900. The minimum absolute atomic E-state index is 0.0584. The normalized spacial score (nSPS) is 48.4. The van der Waals surface area contributed by atoms with E-state index in [-0.39, 0.29) is 40.7 Å². The Balaban J connectivity index is 1.82. The molecule has 3 aliphatic rings. The summed E-state index contributed by atoms with van der Waals surface area (Å²) >= 11 is 0. The summed E-state index contributed by atoms with van der Waals surface area (Å²) in [5.74, 6) is 0.628. The highest BCUT2D eigenvalue weighted by Crippen LogP contribution is 2.69. The van der Waals surface area contributed by atoms with Gasteiger partial charge in [-0.05, 0) is 55.8 Å². The summed E-state index contributed by atoms with van der Waals surface area (Å²) in [6.07, 6.45) is 4.88. The largest absolute Gasteiger partial charge is 0.481 e. The van der Waals surface area contributed by atoms with Gasteiger partial charge in [-0.3, -0.25) is 9.59 Å². The minimum atomic E-state index is -0.719. The van der Waals surface area contributed by atoms with E-state index >= 15 is 0 Å². The molecule has 4 nitrogen and oxygen atoms in total. The second-order valence-electron chi connectivity index (χ2n) is 9.43. The van der Waals surface area contributed by atoms with Crippen LogP contribution in [0.3, 0.4) is 0 Å². The van der Waals surface area contributed by atoms with Crippen molar-refractivity contribution in [3.63, 3.8) is 0 Å². The lowest BCUT2D eigenvalue weighted by atomic mass is 9.44. The van der Waals surface area contributed by atoms with Crippen LogP contribution in [0, 0.1) is 28.6 Å². The lowest BCUT2D eigenvalue weighted by Crippen LogP contribution is -2.58. The molecular weight excluding hydrogens is 304 g/mol. The van der Waals surface area contributed by atoms with Gasteiger partial charge in [0, 0.05) is 18.3 Å². The molecule has 2 aliphatic carbocycles. The zero-order valence-electron chi connectivity index (χ0n) is 15.7. The van der Waals surface area contributed by atoms with Crippen molar-refractivity contribution in [1.29, 1.82) is 0 Å². The first-order valence-electron chi connectivity index (χ1n) is 9.47. The van der Waals surface area contributed by atoms with E-state index in [1.165, 1.54) is 0 Å². The van der Waals surface area contributed by atoms with Gasteiger partial charge in [0.05, 0.1) is 0 Å². The van der Waals surface area contributed by atoms with Gasteiger partial charge < -0.3 is 9.84 Å². The van der Waals surface area contributed by atoms with E-state index in [1.807, 2.05) is 6.92 Å². The van der Waals surface area contributed by atoms with Crippen LogP contribution in [-0.2, 0) is 14.3 Å². The van der Waals surface area contributed by atoms with Crippen molar-refractivity contribution >= 4 is 11.8 Å². The number of carboxylic acid groups (broad SMARTS) is 1. The first-order valence-corrected chi connectivity index (χ1v) is 9.47. The summed E-state index contributed by atoms with van der Waals surface area (Å²) in [5, 5.41) is 9.01. The van der Waals surface area contributed by atoms with Crippen molar-refractivity contribution in [2.45, 2.75) is 84.8 Å². The van der Waals surface area contributed by atoms with Crippen LogP contribution >= 0.6 is 0 Å². The van der Waals surface area contributed by atoms with Crippen LogP contribution < -0.4 is 0 Å². The molecule has 0 unspecified atom stereocenters. The van der Waals surface area contributed by atoms with Crippen LogP contribution in [0.5, 0.6) is 0 Å². The van der Waals surface area contributed by atoms with E-state index in [9.17, 15) is 9.59 Å². The summed E-state index contributed by atoms with van der Waals surface area (Å²) in [4.78, 5) is 23.5. The first-order chi connectivity index (χ1) is 11.0. The number of carbonyl (C=O) groups excluding carboxylic acids is 1. The summed E-state index contributed by atoms with van der Waals surface area (Å²) in [6, 6.07) is 0. The molecule has 1 N–H and O–H groups in total. The van der Waals surface area contributed by atoms with Crippen LogP contribution in [0.25, 0.3) is 0 Å². The lowest BCUT2D eigenvalue weighted by molar-refractivity contribution is -0.139. The number of fused-ring (bicyclic) bond motifs is 3. The molecule has 7 atom stereocenters. The molecular formula is C20H32O4. The molecule has 0 aromatic rings. The van der Waals surface area contributed by atoms with Gasteiger partial charge in [0.2, 0.25) is 0 Å². The zero-order chi connectivity index (χ0) is 17.9. The van der Waals surface area contributed by atoms with Gasteiger partial charge in [0.15, 0.2) is 5.78 Å². The van der Waals surface area contributed by atoms with Crippen LogP contribution in [-0.4, -0.2) is 28.6 Å². The Morgan fingerprint density at radius 3 is 2.67 bits per heavy atom. The van der Waals surface area contributed by atoms with Crippen molar-refractivity contribution in [1.82, 2.24) is 0 Å². The lowest BCUT2D eigenvalue weighted by Gasteiger charge is -2.58. The van der Waals surface area contributed by atoms with E-state index in [2.05, 4.69) is 27.7 Å². The van der Waals surface area contributed by atoms with Gasteiger partial charge in [-0.15, -0.1) is 0 Å². The summed E-state index contributed by atoms with van der Waals surface area (Å²) in [6.45, 7) is 11.1. The van der Waals surface area contributed by atoms with Crippen molar-refractivity contribution < 1.29 is 19.4 Å². The van der Waals surface area contributed by atoms with Crippen molar-refractivity contribution in [3.05, 3.63) is 0 Å². The maximum absolute atomic E-state index is 12.5. The average molecular weight is 336 g/mol. The van der Waals surface area contributed by atoms with Crippen LogP contribution in [0.15, 0.2) is 0 Å². The third-order valence-corrected chi connectivity index (χ3v) is 8.12. The Kier molecular flexibility index (Phi) is 4.14. The molecule has 0 radical (unpaired) electrons. The quantitative estimate of drug-likeness (QED) is 0.769. The molecule has 0 bridgehead atoms. The monoisotopic (exact) mass is 336 g/mol. The summed E-state index contributed by atoms with van der Waals surface area (Å²) < 4.78 is 5.93. The molecule has 0 amide bonds. The number of ketones is 1. The number of carbonyl (C=O) groups is 2. The SMILES string of the molecule is C[C@H](CC[C@@]1(C)[C@H](C)CC[C@]2(C)[C@@H]1CC(=O)[C@@H]1O[C@@]12C)CC(=O)O. The van der Waals surface area contributed by atoms with E-state index in [4.69, 9.17) is 9.84 Å². The van der Waals surface area contributed by atoms with Crippen LogP contribution in [0.1, 0.15) is 73.1 Å². The van der Waals surface area contributed by atoms with Gasteiger partial charge >= 0.3 is 5.97 Å². The van der Waals surface area contributed by atoms with E-state index in [0.717, 1.165) is 25.7 Å². The number of hydrogen-bond acceptors (Lipinski definition) is 3. The smallest absolute Gasteiger partial charge is 0.303 e. The van der Waals surface area contributed by atoms with Gasteiger partial charge in [-0.25, -0.2) is 0 Å². The Morgan fingerprint density at radius 1 is 1.38 bits per heavy atom. The van der Waals surface area contributed by atoms with Crippen molar-refractivity contribution in [2.24, 2.45) is 28.6 Å². The minimum Gasteiger partial charge on any atom is -0.481 e. The molecule has 1 aliphatic heterocycles. The second-order valence-corrected chi connectivity index (χ2v) is 9.43. The summed E-state index contributed by atoms with van der Waals surface area (Å²) in [5.41, 5.74) is -0.140. The number of Topliss-reactive ketones (excluding diaryl/α,β-unsaturated/α-hetero) is 1. The highest BCUT2D eigenvalue weighted by Gasteiger charge is 2.74. The zero-order valence-corrected chi connectivity index (χ0v) is 15.7. The van der Waals surface area contributed by atoms with Gasteiger partial charge in [0.1, 0.15) is 11.7 Å². The Bertz CT molecular complexity index is 558. The topological polar surface area (TPSA) is 66.9 Å². The van der Waals surface area contributed by atoms with Crippen LogP contribution in [0.4, 0.5) is 0 Å². The van der Waals surface area contributed by atoms with Crippen LogP contribution in [0.2, 0.25) is 0 Å². The third kappa shape index (κ3) is 2.44. The molecule has 1 heterocycles. The van der Waals surface area contributed by atoms with E-state index in [1.54, 1.807) is 0 Å². The molecule has 0 aromatic heterocycles. The van der Waals surface area contributed by atoms with Gasteiger partial charge in [-0.2, -0.15) is 0 Å². The molecule has 3 fully saturated rings. The Hall–Kier alpha value is -0.900. The number of ether oxygens (including phenoxy) is 1. The van der Waals surface area contributed by atoms with Crippen molar-refractivity contribution in [3.8, 4) is 0 Å². The highest BCUT2D eigenvalue weighted by atomic mass is 16.6. The second kappa shape index (κ2) is 5.55. The fourth-order valence-corrected chi connectivity index (χ4v) is 5.85. The number of aliphatic carboxylic acids is 1. The molecule has 136 valence electrons. The number of epoxide rings is 1. The third-order valence-electron chi connectivity index (χ3n) is 8.12. The Morgan fingerprint density at radius 2 is 2.04 bits per heavy atom. The predicted molar refractivity (Wildman–Crippen MR) is 91.7 cm³/mol. The van der Waals surface area contributed by atoms with E-state index < -0.39 is 5.97 Å². The molecule has 2 saturated carbocycles. The summed E-state index contributed by atoms with van der Waals surface area (Å²) in [7, 11) is 0. The fourth-order valence-electron chi connectivity index (χ4n) is 5.85. The maximum atomic E-state index is 12.5. The Labute approximate surface area is 145 Å². The standard InChI is InChI=1S/C20H32O4/c1-12(10-16(22)23)6-8-18(3)13(2)7-9-19(4)15(18)11-14(21)17-20(19,5)24-17/h12-13,15,17H,6-11H2,1-5H3,(H,22,23)/t12-,13-,15-,17+,18+,19-,20+/m1/s1. The molecule has 0 spiro atoms. The molecule has 24 heavy (non-hydrogen) atoms. The predicted octanol–water partition coefficient (Wildman–Crippen LogP) is 4.07. The highest BCUT2D eigenvalue weighted by molar-refractivity contribution is 5.89. The molecule has 3 rings (SSSR count). The average Bonchev–Trinajstić information content (AvgIpc) is 3.19. The first kappa shape index (κ1) is 17.9. The number of hydrogen-bond donors (Lipinski definition) is 1. The molecule has 1 saturated heterocycles. The maximum Gasteiger partial charge on any atom is 0.303 e. The van der Waals surface area contributed by atoms with Gasteiger partial charge in [0.25, 0.3) is 0 Å². The van der Waals surface area contributed by atoms with Crippen molar-refractivity contribution in [2.75, 3.05) is 0 Å². The molecule has 0 aromatic carbocycles. The van der Waals surface area contributed by atoms with E-state index in [0.29, 0.717) is 18.3 Å². The number of rotatable bonds is 5. The molecule has 4 heteroatoms. The number of carboxylic acids is 1.